The molecule has 0 saturated heterocycles. The first-order valence-corrected chi connectivity index (χ1v) is 18.7. The average molecular weight is 673 g/mol. The second kappa shape index (κ2) is 11.2. The van der Waals surface area contributed by atoms with Crippen LogP contribution in [0.2, 0.25) is 0 Å². The zero-order chi connectivity index (χ0) is 35.3. The normalized spacial score (nSPS) is 13.2. The first kappa shape index (κ1) is 30.2. The summed E-state index contributed by atoms with van der Waals surface area (Å²) < 4.78 is 0. The van der Waals surface area contributed by atoms with Gasteiger partial charge in [-0.05, 0) is 134 Å². The third-order valence-corrected chi connectivity index (χ3v) is 12.0. The van der Waals surface area contributed by atoms with Gasteiger partial charge in [-0.25, -0.2) is 0 Å². The largest absolute Gasteiger partial charge is 0.0622 e. The minimum atomic E-state index is -0.0883. The van der Waals surface area contributed by atoms with Crippen LogP contribution in [0.1, 0.15) is 25.0 Å². The molecule has 0 N–H and O–H groups in total. The van der Waals surface area contributed by atoms with Crippen molar-refractivity contribution in [1.29, 1.82) is 0 Å². The molecule has 1 aliphatic carbocycles. The van der Waals surface area contributed by atoms with Crippen LogP contribution in [-0.4, -0.2) is 0 Å². The summed E-state index contributed by atoms with van der Waals surface area (Å²) in [5.41, 5.74) is 15.4. The van der Waals surface area contributed by atoms with Crippen molar-refractivity contribution in [1.82, 2.24) is 0 Å². The molecule has 0 heterocycles. The fourth-order valence-electron chi connectivity index (χ4n) is 9.32. The Morgan fingerprint density at radius 2 is 0.774 bits per heavy atom. The smallest absolute Gasteiger partial charge is 0.0159 e. The second-order valence-corrected chi connectivity index (χ2v) is 15.3. The summed E-state index contributed by atoms with van der Waals surface area (Å²) >= 11 is 0. The van der Waals surface area contributed by atoms with E-state index in [4.69, 9.17) is 0 Å². The van der Waals surface area contributed by atoms with E-state index in [1.165, 1.54) is 110 Å². The van der Waals surface area contributed by atoms with Crippen LogP contribution in [0.4, 0.5) is 0 Å². The molecule has 0 saturated carbocycles. The average Bonchev–Trinajstić information content (AvgIpc) is 3.43. The van der Waals surface area contributed by atoms with E-state index in [1.54, 1.807) is 0 Å². The van der Waals surface area contributed by atoms with Crippen molar-refractivity contribution in [3.63, 3.8) is 0 Å². The Balaban J connectivity index is 1.09. The lowest BCUT2D eigenvalue weighted by atomic mass is 9.81. The third kappa shape index (κ3) is 4.49. The van der Waals surface area contributed by atoms with Crippen molar-refractivity contribution in [2.45, 2.75) is 19.3 Å². The molecule has 0 aliphatic heterocycles. The molecule has 0 amide bonds. The Bertz CT molecular complexity index is 3060. The number of benzene rings is 10. The summed E-state index contributed by atoms with van der Waals surface area (Å²) in [5.74, 6) is 0. The molecule has 10 aromatic rings. The van der Waals surface area contributed by atoms with Gasteiger partial charge in [0, 0.05) is 5.41 Å². The molecular formula is C53H36. The molecule has 0 bridgehead atoms. The molecule has 248 valence electrons. The fourth-order valence-corrected chi connectivity index (χ4v) is 9.32. The molecule has 10 aromatic carbocycles. The number of rotatable bonds is 4. The lowest BCUT2D eigenvalue weighted by molar-refractivity contribution is 0.661. The van der Waals surface area contributed by atoms with Gasteiger partial charge in [0.15, 0.2) is 0 Å². The van der Waals surface area contributed by atoms with Crippen LogP contribution in [0, 0.1) is 0 Å². The Labute approximate surface area is 310 Å². The minimum absolute atomic E-state index is 0.0883. The summed E-state index contributed by atoms with van der Waals surface area (Å²) in [6.07, 6.45) is 0. The molecule has 0 aromatic heterocycles. The van der Waals surface area contributed by atoms with Gasteiger partial charge in [-0.2, -0.15) is 0 Å². The van der Waals surface area contributed by atoms with Gasteiger partial charge in [0.2, 0.25) is 0 Å². The van der Waals surface area contributed by atoms with Crippen molar-refractivity contribution >= 4 is 43.1 Å². The quantitative estimate of drug-likeness (QED) is 0.163. The highest BCUT2D eigenvalue weighted by atomic mass is 14.4. The number of fused-ring (bicyclic) bond motifs is 4. The lowest BCUT2D eigenvalue weighted by Gasteiger charge is -2.22. The van der Waals surface area contributed by atoms with Gasteiger partial charge in [0.25, 0.3) is 0 Å². The maximum absolute atomic E-state index is 2.45. The molecule has 53 heavy (non-hydrogen) atoms. The van der Waals surface area contributed by atoms with E-state index in [0.717, 1.165) is 0 Å². The molecule has 0 spiro atoms. The molecule has 0 radical (unpaired) electrons. The SMILES string of the molecule is CC1(C)c2cc(-c3ccc(-c4ccc5ccc6c(-c7ccccc7)ccc7ccc4c5c76)c(-c4ccccc4)c3)ccc2-c2cc3ccccc3cc21. The van der Waals surface area contributed by atoms with E-state index in [-0.39, 0.29) is 5.41 Å². The third-order valence-electron chi connectivity index (χ3n) is 12.0. The van der Waals surface area contributed by atoms with Crippen molar-refractivity contribution in [2.24, 2.45) is 0 Å². The maximum Gasteiger partial charge on any atom is 0.0159 e. The van der Waals surface area contributed by atoms with Crippen molar-refractivity contribution in [3.05, 3.63) is 193 Å². The highest BCUT2D eigenvalue weighted by Crippen LogP contribution is 2.51. The summed E-state index contributed by atoms with van der Waals surface area (Å²) in [4.78, 5) is 0. The number of hydrogen-bond acceptors (Lipinski definition) is 0. The van der Waals surface area contributed by atoms with E-state index in [2.05, 4.69) is 196 Å². The highest BCUT2D eigenvalue weighted by Gasteiger charge is 2.36. The maximum atomic E-state index is 2.45. The Kier molecular flexibility index (Phi) is 6.40. The van der Waals surface area contributed by atoms with Gasteiger partial charge >= 0.3 is 0 Å². The summed E-state index contributed by atoms with van der Waals surface area (Å²) in [6, 6.07) is 68.0. The van der Waals surface area contributed by atoms with Crippen LogP contribution in [0.25, 0.3) is 98.7 Å². The van der Waals surface area contributed by atoms with Crippen LogP contribution in [0.15, 0.2) is 182 Å². The van der Waals surface area contributed by atoms with Crippen LogP contribution in [0.5, 0.6) is 0 Å². The van der Waals surface area contributed by atoms with Gasteiger partial charge in [-0.3, -0.25) is 0 Å². The van der Waals surface area contributed by atoms with E-state index in [0.29, 0.717) is 0 Å². The van der Waals surface area contributed by atoms with E-state index < -0.39 is 0 Å². The van der Waals surface area contributed by atoms with Gasteiger partial charge in [-0.15, -0.1) is 0 Å². The summed E-state index contributed by atoms with van der Waals surface area (Å²) in [6.45, 7) is 4.76. The van der Waals surface area contributed by atoms with Gasteiger partial charge < -0.3 is 0 Å². The lowest BCUT2D eigenvalue weighted by Crippen LogP contribution is -2.15. The Morgan fingerprint density at radius 1 is 0.283 bits per heavy atom. The molecular weight excluding hydrogens is 637 g/mol. The predicted molar refractivity (Wildman–Crippen MR) is 227 cm³/mol. The predicted octanol–water partition coefficient (Wildman–Crippen LogP) is 14.7. The zero-order valence-electron chi connectivity index (χ0n) is 29.8. The van der Waals surface area contributed by atoms with Crippen LogP contribution in [0.3, 0.4) is 0 Å². The zero-order valence-corrected chi connectivity index (χ0v) is 29.8. The standard InChI is InChI=1S/C53H36/c1-53(2)49-32-40(22-26-44(49)48-30-37-15-9-10-16-38(37)31-50(48)53)39-21-25-43(47(29-39)34-13-7-4-8-14-34)42-24-18-36-19-27-45-41(33-11-5-3-6-12-33)23-17-35-20-28-46(42)52(36)51(35)45/h3-32H,1-2H3. The first-order valence-electron chi connectivity index (χ1n) is 18.7. The molecule has 0 atom stereocenters. The van der Waals surface area contributed by atoms with E-state index >= 15 is 0 Å². The Hall–Kier alpha value is -6.50. The number of hydrogen-bond donors (Lipinski definition) is 0. The van der Waals surface area contributed by atoms with Gasteiger partial charge in [0.05, 0.1) is 0 Å². The van der Waals surface area contributed by atoms with Crippen LogP contribution < -0.4 is 0 Å². The van der Waals surface area contributed by atoms with Crippen molar-refractivity contribution in [2.75, 3.05) is 0 Å². The minimum Gasteiger partial charge on any atom is -0.0622 e. The molecule has 0 unspecified atom stereocenters. The molecule has 0 heteroatoms. The summed E-state index contributed by atoms with van der Waals surface area (Å²) in [5, 5.41) is 10.4. The van der Waals surface area contributed by atoms with E-state index in [9.17, 15) is 0 Å². The topological polar surface area (TPSA) is 0 Å². The second-order valence-electron chi connectivity index (χ2n) is 15.3. The molecule has 0 fully saturated rings. The summed E-state index contributed by atoms with van der Waals surface area (Å²) in [7, 11) is 0. The van der Waals surface area contributed by atoms with Crippen LogP contribution >= 0.6 is 0 Å². The Morgan fingerprint density at radius 3 is 1.45 bits per heavy atom. The van der Waals surface area contributed by atoms with Gasteiger partial charge in [0.1, 0.15) is 0 Å². The molecule has 1 aliphatic rings. The first-order chi connectivity index (χ1) is 26.0. The van der Waals surface area contributed by atoms with Crippen molar-refractivity contribution < 1.29 is 0 Å². The molecule has 11 rings (SSSR count). The van der Waals surface area contributed by atoms with E-state index in [1.807, 2.05) is 0 Å². The molecule has 0 nitrogen and oxygen atoms in total. The van der Waals surface area contributed by atoms with Gasteiger partial charge in [-0.1, -0.05) is 172 Å². The van der Waals surface area contributed by atoms with Crippen molar-refractivity contribution in [3.8, 4) is 55.6 Å². The van der Waals surface area contributed by atoms with Crippen LogP contribution in [-0.2, 0) is 5.41 Å². The monoisotopic (exact) mass is 672 g/mol. The highest BCUT2D eigenvalue weighted by molar-refractivity contribution is 6.28. The fraction of sp³-hybridized carbons (Fsp3) is 0.0566.